The quantitative estimate of drug-likeness (QED) is 0.807. The largest absolute Gasteiger partial charge is 0.497 e. The zero-order valence-corrected chi connectivity index (χ0v) is 13.4. The van der Waals surface area contributed by atoms with Crippen LogP contribution in [0.15, 0.2) is 48.5 Å². The second kappa shape index (κ2) is 7.75. The molecule has 116 valence electrons. The van der Waals surface area contributed by atoms with E-state index < -0.39 is 0 Å². The van der Waals surface area contributed by atoms with Crippen LogP contribution in [0.5, 0.6) is 5.75 Å². The van der Waals surface area contributed by atoms with Gasteiger partial charge in [-0.05, 0) is 48.5 Å². The van der Waals surface area contributed by atoms with Crippen LogP contribution >= 0.6 is 12.2 Å². The van der Waals surface area contributed by atoms with E-state index >= 15 is 0 Å². The van der Waals surface area contributed by atoms with Gasteiger partial charge in [0, 0.05) is 0 Å². The predicted octanol–water partition coefficient (Wildman–Crippen LogP) is 4.27. The van der Waals surface area contributed by atoms with Crippen molar-refractivity contribution in [3.8, 4) is 5.75 Å². The zero-order valence-electron chi connectivity index (χ0n) is 12.6. The number of para-hydroxylation sites is 1. The third kappa shape index (κ3) is 4.18. The molecule has 0 amide bonds. The summed E-state index contributed by atoms with van der Waals surface area (Å²) in [4.78, 5) is 0. The first-order valence-corrected chi connectivity index (χ1v) is 7.51. The van der Waals surface area contributed by atoms with Crippen LogP contribution in [-0.4, -0.2) is 12.2 Å². The van der Waals surface area contributed by atoms with Crippen molar-refractivity contribution >= 4 is 23.0 Å². The Morgan fingerprint density at radius 3 is 2.45 bits per heavy atom. The molecule has 0 aliphatic rings. The Balaban J connectivity index is 2.03. The number of ether oxygens (including phenoxy) is 1. The van der Waals surface area contributed by atoms with E-state index in [1.807, 2.05) is 24.3 Å². The Bertz CT molecular complexity index is 631. The van der Waals surface area contributed by atoms with Crippen LogP contribution in [0.4, 0.5) is 10.1 Å². The molecule has 0 unspecified atom stereocenters. The van der Waals surface area contributed by atoms with E-state index in [1.165, 1.54) is 6.07 Å². The van der Waals surface area contributed by atoms with Gasteiger partial charge in [-0.1, -0.05) is 31.2 Å². The number of hydrogen-bond acceptors (Lipinski definition) is 2. The van der Waals surface area contributed by atoms with Gasteiger partial charge in [0.25, 0.3) is 0 Å². The van der Waals surface area contributed by atoms with E-state index in [9.17, 15) is 4.39 Å². The van der Waals surface area contributed by atoms with Crippen molar-refractivity contribution in [3.05, 3.63) is 59.9 Å². The average molecular weight is 318 g/mol. The molecular weight excluding hydrogens is 299 g/mol. The summed E-state index contributed by atoms with van der Waals surface area (Å²) >= 11 is 5.27. The van der Waals surface area contributed by atoms with Crippen molar-refractivity contribution in [1.82, 2.24) is 5.32 Å². The molecule has 0 bridgehead atoms. The van der Waals surface area contributed by atoms with Crippen molar-refractivity contribution in [2.24, 2.45) is 0 Å². The molecule has 0 aliphatic carbocycles. The van der Waals surface area contributed by atoms with Crippen LogP contribution in [0.2, 0.25) is 0 Å². The Morgan fingerprint density at radius 1 is 1.18 bits per heavy atom. The van der Waals surface area contributed by atoms with Crippen LogP contribution in [0.3, 0.4) is 0 Å². The molecule has 0 spiro atoms. The Labute approximate surface area is 135 Å². The van der Waals surface area contributed by atoms with Crippen molar-refractivity contribution in [2.75, 3.05) is 12.4 Å². The first-order valence-electron chi connectivity index (χ1n) is 7.10. The number of nitrogens with one attached hydrogen (secondary N) is 2. The van der Waals surface area contributed by atoms with Gasteiger partial charge in [-0.15, -0.1) is 0 Å². The maximum atomic E-state index is 13.6. The molecule has 2 N–H and O–H groups in total. The molecule has 1 atom stereocenters. The first kappa shape index (κ1) is 16.2. The molecule has 2 aromatic rings. The second-order valence-corrected chi connectivity index (χ2v) is 5.22. The monoisotopic (exact) mass is 318 g/mol. The molecule has 2 aromatic carbocycles. The molecule has 22 heavy (non-hydrogen) atoms. The van der Waals surface area contributed by atoms with Crippen molar-refractivity contribution < 1.29 is 9.13 Å². The van der Waals surface area contributed by atoms with Crippen molar-refractivity contribution in [1.29, 1.82) is 0 Å². The van der Waals surface area contributed by atoms with Crippen LogP contribution < -0.4 is 15.4 Å². The number of benzene rings is 2. The number of anilines is 1. The molecule has 3 nitrogen and oxygen atoms in total. The number of hydrogen-bond donors (Lipinski definition) is 2. The highest BCUT2D eigenvalue weighted by molar-refractivity contribution is 7.80. The fourth-order valence-corrected chi connectivity index (χ4v) is 2.39. The lowest BCUT2D eigenvalue weighted by atomic mass is 10.0. The van der Waals surface area contributed by atoms with E-state index in [0.717, 1.165) is 17.7 Å². The van der Waals surface area contributed by atoms with Gasteiger partial charge in [0.1, 0.15) is 11.6 Å². The summed E-state index contributed by atoms with van der Waals surface area (Å²) in [6.45, 7) is 2.06. The third-order valence-electron chi connectivity index (χ3n) is 3.35. The number of methoxy groups -OCH3 is 1. The first-order chi connectivity index (χ1) is 10.6. The summed E-state index contributed by atoms with van der Waals surface area (Å²) < 4.78 is 18.8. The van der Waals surface area contributed by atoms with Crippen LogP contribution in [0.1, 0.15) is 24.9 Å². The van der Waals surface area contributed by atoms with Crippen LogP contribution in [-0.2, 0) is 0 Å². The second-order valence-electron chi connectivity index (χ2n) is 4.81. The van der Waals surface area contributed by atoms with E-state index in [-0.39, 0.29) is 11.9 Å². The van der Waals surface area contributed by atoms with Gasteiger partial charge < -0.3 is 15.4 Å². The topological polar surface area (TPSA) is 33.3 Å². The Morgan fingerprint density at radius 2 is 1.86 bits per heavy atom. The molecule has 2 rings (SSSR count). The van der Waals surface area contributed by atoms with Gasteiger partial charge in [0.2, 0.25) is 0 Å². The van der Waals surface area contributed by atoms with Gasteiger partial charge in [0.05, 0.1) is 18.8 Å². The molecule has 0 saturated heterocycles. The molecular formula is C17H19FN2OS. The summed E-state index contributed by atoms with van der Waals surface area (Å²) in [5.74, 6) is 0.481. The number of rotatable bonds is 5. The minimum atomic E-state index is -0.329. The Kier molecular flexibility index (Phi) is 5.72. The lowest BCUT2D eigenvalue weighted by Gasteiger charge is -2.20. The highest BCUT2D eigenvalue weighted by Crippen LogP contribution is 2.20. The molecule has 5 heteroatoms. The minimum absolute atomic E-state index is 0.0534. The summed E-state index contributed by atoms with van der Waals surface area (Å²) in [6.07, 6.45) is 0.853. The highest BCUT2D eigenvalue weighted by atomic mass is 32.1. The lowest BCUT2D eigenvalue weighted by molar-refractivity contribution is 0.414. The molecule has 0 heterocycles. The summed E-state index contributed by atoms with van der Waals surface area (Å²) in [6, 6.07) is 14.3. The SMILES string of the molecule is CC[C@@H](NC(=S)Nc1ccccc1F)c1ccc(OC)cc1. The van der Waals surface area contributed by atoms with E-state index in [0.29, 0.717) is 10.8 Å². The maximum absolute atomic E-state index is 13.6. The summed E-state index contributed by atoms with van der Waals surface area (Å²) in [5.41, 5.74) is 1.46. The number of thiocarbonyl (C=S) groups is 1. The molecule has 0 fully saturated rings. The van der Waals surface area contributed by atoms with Gasteiger partial charge in [-0.25, -0.2) is 4.39 Å². The van der Waals surface area contributed by atoms with Gasteiger partial charge in [0.15, 0.2) is 5.11 Å². The molecule has 0 saturated carbocycles. The fraction of sp³-hybridized carbons (Fsp3) is 0.235. The standard InChI is InChI=1S/C17H19FN2OS/c1-3-15(12-8-10-13(21-2)11-9-12)19-17(22)20-16-7-5-4-6-14(16)18/h4-11,15H,3H2,1-2H3,(H2,19,20,22)/t15-/m1/s1. The smallest absolute Gasteiger partial charge is 0.171 e. The van der Waals surface area contributed by atoms with E-state index in [2.05, 4.69) is 17.6 Å². The van der Waals surface area contributed by atoms with E-state index in [1.54, 1.807) is 25.3 Å². The summed E-state index contributed by atoms with van der Waals surface area (Å²) in [7, 11) is 1.64. The average Bonchev–Trinajstić information content (AvgIpc) is 2.55. The third-order valence-corrected chi connectivity index (χ3v) is 3.57. The van der Waals surface area contributed by atoms with Gasteiger partial charge >= 0.3 is 0 Å². The zero-order chi connectivity index (χ0) is 15.9. The minimum Gasteiger partial charge on any atom is -0.497 e. The molecule has 0 radical (unpaired) electrons. The van der Waals surface area contributed by atoms with Crippen molar-refractivity contribution in [2.45, 2.75) is 19.4 Å². The van der Waals surface area contributed by atoms with Crippen LogP contribution in [0.25, 0.3) is 0 Å². The fourth-order valence-electron chi connectivity index (χ4n) is 2.14. The number of halogens is 1. The van der Waals surface area contributed by atoms with E-state index in [4.69, 9.17) is 17.0 Å². The van der Waals surface area contributed by atoms with Crippen LogP contribution in [0, 0.1) is 5.82 Å². The lowest BCUT2D eigenvalue weighted by Crippen LogP contribution is -2.32. The maximum Gasteiger partial charge on any atom is 0.171 e. The molecule has 0 aliphatic heterocycles. The highest BCUT2D eigenvalue weighted by Gasteiger charge is 2.11. The summed E-state index contributed by atoms with van der Waals surface area (Å²) in [5, 5.41) is 6.49. The van der Waals surface area contributed by atoms with Crippen molar-refractivity contribution in [3.63, 3.8) is 0 Å². The Hall–Kier alpha value is -2.14. The normalized spacial score (nSPS) is 11.6. The predicted molar refractivity (Wildman–Crippen MR) is 91.8 cm³/mol. The van der Waals surface area contributed by atoms with Gasteiger partial charge in [-0.3, -0.25) is 0 Å². The van der Waals surface area contributed by atoms with Gasteiger partial charge in [-0.2, -0.15) is 0 Å². The molecule has 0 aromatic heterocycles.